The lowest BCUT2D eigenvalue weighted by molar-refractivity contribution is -0.142. The van der Waals surface area contributed by atoms with Crippen LogP contribution in [0.25, 0.3) is 0 Å². The lowest BCUT2D eigenvalue weighted by atomic mass is 10.2. The maximum atomic E-state index is 11.2. The minimum Gasteiger partial charge on any atom is -0.274 e. The van der Waals surface area contributed by atoms with Crippen molar-refractivity contribution in [2.75, 3.05) is 6.54 Å². The second-order valence-corrected chi connectivity index (χ2v) is 2.78. The zero-order valence-electron chi connectivity index (χ0n) is 6.88. The van der Waals surface area contributed by atoms with Gasteiger partial charge in [0, 0.05) is 12.8 Å². The molecule has 1 saturated heterocycles. The molecule has 1 rings (SSSR count). The quantitative estimate of drug-likeness (QED) is 0.420. The van der Waals surface area contributed by atoms with Gasteiger partial charge in [0.2, 0.25) is 11.8 Å². The van der Waals surface area contributed by atoms with Crippen molar-refractivity contribution in [1.29, 1.82) is 0 Å². The molecule has 12 heavy (non-hydrogen) atoms. The smallest absolute Gasteiger partial charge is 0.230 e. The lowest BCUT2D eigenvalue weighted by Crippen LogP contribution is -2.35. The van der Waals surface area contributed by atoms with Gasteiger partial charge in [-0.1, -0.05) is 5.92 Å². The highest BCUT2D eigenvalue weighted by Gasteiger charge is 2.22. The Bertz CT molecular complexity index is 221. The highest BCUT2D eigenvalue weighted by Crippen LogP contribution is 2.11. The molecule has 1 aliphatic rings. The van der Waals surface area contributed by atoms with Crippen molar-refractivity contribution in [3.63, 3.8) is 0 Å². The van der Waals surface area contributed by atoms with E-state index in [0.29, 0.717) is 12.8 Å². The molecule has 3 heteroatoms. The summed E-state index contributed by atoms with van der Waals surface area (Å²) in [6.07, 6.45) is 7.54. The van der Waals surface area contributed by atoms with Gasteiger partial charge in [0.15, 0.2) is 0 Å². The van der Waals surface area contributed by atoms with Crippen molar-refractivity contribution in [2.24, 2.45) is 0 Å². The number of likely N-dealkylation sites (tertiary alicyclic amines) is 1. The summed E-state index contributed by atoms with van der Waals surface area (Å²) in [5.41, 5.74) is 0. The molecule has 1 aliphatic heterocycles. The zero-order chi connectivity index (χ0) is 8.97. The van der Waals surface area contributed by atoms with Crippen LogP contribution < -0.4 is 0 Å². The lowest BCUT2D eigenvalue weighted by Gasteiger charge is -2.14. The Morgan fingerprint density at radius 2 is 1.75 bits per heavy atom. The third-order valence-corrected chi connectivity index (χ3v) is 1.88. The molecule has 0 unspecified atom stereocenters. The molecule has 0 radical (unpaired) electrons. The van der Waals surface area contributed by atoms with E-state index in [9.17, 15) is 9.59 Å². The summed E-state index contributed by atoms with van der Waals surface area (Å²) in [7, 11) is 0. The van der Waals surface area contributed by atoms with Crippen LogP contribution in [0.3, 0.4) is 0 Å². The Balaban J connectivity index is 2.69. The van der Waals surface area contributed by atoms with Gasteiger partial charge in [-0.2, -0.15) is 0 Å². The first-order chi connectivity index (χ1) is 5.75. The van der Waals surface area contributed by atoms with E-state index in [0.717, 1.165) is 12.8 Å². The zero-order valence-corrected chi connectivity index (χ0v) is 6.88. The van der Waals surface area contributed by atoms with Crippen LogP contribution in [0.15, 0.2) is 0 Å². The van der Waals surface area contributed by atoms with Crippen molar-refractivity contribution in [3.8, 4) is 12.3 Å². The molecule has 0 saturated carbocycles. The minimum atomic E-state index is -0.129. The highest BCUT2D eigenvalue weighted by atomic mass is 16.2. The SMILES string of the molecule is C#CCN1C(=O)CCCCC1=O. The molecule has 0 aromatic carbocycles. The molecule has 1 heterocycles. The monoisotopic (exact) mass is 165 g/mol. The van der Waals surface area contributed by atoms with E-state index < -0.39 is 0 Å². The molecule has 0 aliphatic carbocycles. The Hall–Kier alpha value is -1.30. The summed E-state index contributed by atoms with van der Waals surface area (Å²) in [5, 5.41) is 0. The molecule has 0 aromatic rings. The topological polar surface area (TPSA) is 37.4 Å². The molecule has 0 aromatic heterocycles. The van der Waals surface area contributed by atoms with Gasteiger partial charge in [-0.15, -0.1) is 6.42 Å². The van der Waals surface area contributed by atoms with Crippen LogP contribution in [0.5, 0.6) is 0 Å². The van der Waals surface area contributed by atoms with Crippen molar-refractivity contribution in [1.82, 2.24) is 4.90 Å². The van der Waals surface area contributed by atoms with Gasteiger partial charge in [-0.05, 0) is 12.8 Å². The van der Waals surface area contributed by atoms with E-state index in [2.05, 4.69) is 5.92 Å². The number of amides is 2. The third kappa shape index (κ3) is 1.85. The molecule has 0 spiro atoms. The summed E-state index contributed by atoms with van der Waals surface area (Å²) in [6, 6.07) is 0. The molecule has 1 fully saturated rings. The highest BCUT2D eigenvalue weighted by molar-refractivity contribution is 5.96. The number of rotatable bonds is 1. The van der Waals surface area contributed by atoms with Crippen LogP contribution in [-0.2, 0) is 9.59 Å². The normalized spacial score (nSPS) is 18.8. The molecular weight excluding hydrogens is 154 g/mol. The molecule has 2 amide bonds. The van der Waals surface area contributed by atoms with E-state index in [4.69, 9.17) is 6.42 Å². The number of carbonyl (C=O) groups excluding carboxylic acids is 2. The van der Waals surface area contributed by atoms with Gasteiger partial charge in [-0.3, -0.25) is 14.5 Å². The maximum absolute atomic E-state index is 11.2. The average molecular weight is 165 g/mol. The number of carbonyl (C=O) groups is 2. The first kappa shape index (κ1) is 8.79. The van der Waals surface area contributed by atoms with E-state index in [1.165, 1.54) is 4.90 Å². The van der Waals surface area contributed by atoms with Crippen LogP contribution in [0.1, 0.15) is 25.7 Å². The van der Waals surface area contributed by atoms with Crippen LogP contribution in [0, 0.1) is 12.3 Å². The Morgan fingerprint density at radius 1 is 1.25 bits per heavy atom. The fourth-order valence-electron chi connectivity index (χ4n) is 1.23. The molecule has 0 N–H and O–H groups in total. The third-order valence-electron chi connectivity index (χ3n) is 1.88. The molecule has 0 bridgehead atoms. The van der Waals surface area contributed by atoms with Gasteiger partial charge < -0.3 is 0 Å². The van der Waals surface area contributed by atoms with Crippen molar-refractivity contribution >= 4 is 11.8 Å². The number of imide groups is 1. The molecule has 3 nitrogen and oxygen atoms in total. The second kappa shape index (κ2) is 3.91. The molecular formula is C9H11NO2. The standard InChI is InChI=1S/C9H11NO2/c1-2-7-10-8(11)5-3-4-6-9(10)12/h1H,3-7H2. The Morgan fingerprint density at radius 3 is 2.17 bits per heavy atom. The van der Waals surface area contributed by atoms with Crippen molar-refractivity contribution in [3.05, 3.63) is 0 Å². The van der Waals surface area contributed by atoms with Gasteiger partial charge >= 0.3 is 0 Å². The molecule has 64 valence electrons. The number of hydrogen-bond acceptors (Lipinski definition) is 2. The first-order valence-corrected chi connectivity index (χ1v) is 4.02. The summed E-state index contributed by atoms with van der Waals surface area (Å²) in [5.74, 6) is 2.05. The van der Waals surface area contributed by atoms with Crippen molar-refractivity contribution in [2.45, 2.75) is 25.7 Å². The van der Waals surface area contributed by atoms with Crippen LogP contribution >= 0.6 is 0 Å². The predicted molar refractivity (Wildman–Crippen MR) is 44.0 cm³/mol. The Labute approximate surface area is 71.7 Å². The fourth-order valence-corrected chi connectivity index (χ4v) is 1.23. The van der Waals surface area contributed by atoms with E-state index in [-0.39, 0.29) is 18.4 Å². The van der Waals surface area contributed by atoms with Gasteiger partial charge in [0.05, 0.1) is 6.54 Å². The van der Waals surface area contributed by atoms with Gasteiger partial charge in [-0.25, -0.2) is 0 Å². The minimum absolute atomic E-state index is 0.123. The summed E-state index contributed by atoms with van der Waals surface area (Å²) < 4.78 is 0. The van der Waals surface area contributed by atoms with Crippen LogP contribution in [-0.4, -0.2) is 23.3 Å². The summed E-state index contributed by atoms with van der Waals surface area (Å²) in [4.78, 5) is 23.6. The summed E-state index contributed by atoms with van der Waals surface area (Å²) in [6.45, 7) is 0.123. The van der Waals surface area contributed by atoms with E-state index in [1.54, 1.807) is 0 Å². The van der Waals surface area contributed by atoms with Gasteiger partial charge in [0.1, 0.15) is 0 Å². The number of nitrogens with zero attached hydrogens (tertiary/aromatic N) is 1. The largest absolute Gasteiger partial charge is 0.274 e. The van der Waals surface area contributed by atoms with Crippen LogP contribution in [0.4, 0.5) is 0 Å². The number of hydrogen-bond donors (Lipinski definition) is 0. The Kier molecular flexibility index (Phi) is 2.87. The first-order valence-electron chi connectivity index (χ1n) is 4.02. The number of terminal acetylenes is 1. The maximum Gasteiger partial charge on any atom is 0.230 e. The average Bonchev–Trinajstić information content (AvgIpc) is 2.19. The predicted octanol–water partition coefficient (Wildman–Crippen LogP) is 0.549. The van der Waals surface area contributed by atoms with Crippen molar-refractivity contribution < 1.29 is 9.59 Å². The summed E-state index contributed by atoms with van der Waals surface area (Å²) >= 11 is 0. The fraction of sp³-hybridized carbons (Fsp3) is 0.556. The van der Waals surface area contributed by atoms with E-state index in [1.807, 2.05) is 0 Å². The van der Waals surface area contributed by atoms with E-state index >= 15 is 0 Å². The van der Waals surface area contributed by atoms with Crippen LogP contribution in [0.2, 0.25) is 0 Å². The second-order valence-electron chi connectivity index (χ2n) is 2.78. The van der Waals surface area contributed by atoms with Gasteiger partial charge in [0.25, 0.3) is 0 Å². The molecule has 0 atom stereocenters.